The topological polar surface area (TPSA) is 0 Å². The summed E-state index contributed by atoms with van der Waals surface area (Å²) in [6, 6.07) is 38.7. The van der Waals surface area contributed by atoms with Crippen LogP contribution in [0.5, 0.6) is 0 Å². The molecule has 0 radical (unpaired) electrons. The normalized spacial score (nSPS) is 20.2. The summed E-state index contributed by atoms with van der Waals surface area (Å²) >= 11 is -3.41. The molecule has 0 bridgehead atoms. The predicted octanol–water partition coefficient (Wildman–Crippen LogP) is 8.63. The first-order valence-corrected chi connectivity index (χ1v) is 23.2. The van der Waals surface area contributed by atoms with Crippen LogP contribution in [0.15, 0.2) is 115 Å². The van der Waals surface area contributed by atoms with E-state index in [1.54, 1.807) is 21.9 Å². The van der Waals surface area contributed by atoms with Gasteiger partial charge in [-0.2, -0.15) is 0 Å². The van der Waals surface area contributed by atoms with Gasteiger partial charge in [0.2, 0.25) is 0 Å². The predicted molar refractivity (Wildman–Crippen MR) is 157 cm³/mol. The molecule has 4 aromatic rings. The molecule has 0 saturated heterocycles. The number of allylic oxidation sites excluding steroid dienone is 2. The van der Waals surface area contributed by atoms with E-state index < -0.39 is 21.2 Å². The van der Waals surface area contributed by atoms with Crippen molar-refractivity contribution in [2.45, 2.75) is 32.4 Å². The Morgan fingerprint density at radius 2 is 1.33 bits per heavy atom. The molecular weight excluding hydrogens is 484 g/mol. The van der Waals surface area contributed by atoms with Crippen LogP contribution >= 0.6 is 0 Å². The standard InChI is InChI=1S/C15H11.C10H9.C7H9Si.2CH3.Ti/c1-2-6-12(7-3-1)14-10-4-8-13-9-5-11-15(13)14;1-8-6-9-4-2-3-5-10(9)7-8;1-8-7-5-3-2-4-6-7;;;/h1-11H;2-7H,1H3;2-6,8H,1H3;2*1H3;. The minimum atomic E-state index is -3.41. The van der Waals surface area contributed by atoms with Gasteiger partial charge in [-0.1, -0.05) is 0 Å². The Kier molecular flexibility index (Phi) is 5.72. The van der Waals surface area contributed by atoms with Crippen LogP contribution < -0.4 is 5.19 Å². The molecule has 4 aromatic carbocycles. The summed E-state index contributed by atoms with van der Waals surface area (Å²) in [7, 11) is 0. The Bertz CT molecular complexity index is 1500. The van der Waals surface area contributed by atoms with Gasteiger partial charge in [0.25, 0.3) is 0 Å². The Balaban J connectivity index is 1.59. The van der Waals surface area contributed by atoms with E-state index in [4.69, 9.17) is 0 Å². The quantitative estimate of drug-likeness (QED) is 0.232. The summed E-state index contributed by atoms with van der Waals surface area (Å²) in [5, 5.41) is 7.24. The van der Waals surface area contributed by atoms with Crippen molar-refractivity contribution >= 4 is 24.0 Å². The Labute approximate surface area is 218 Å². The zero-order valence-corrected chi connectivity index (χ0v) is 24.5. The molecule has 0 N–H and O–H groups in total. The summed E-state index contributed by atoms with van der Waals surface area (Å²) in [6.45, 7) is 3.73. The molecular formula is C34H35SiTi. The minimum absolute atomic E-state index is 0.516. The van der Waals surface area contributed by atoms with Crippen molar-refractivity contribution < 1.29 is 14.6 Å². The molecule has 2 aliphatic rings. The van der Waals surface area contributed by atoms with Gasteiger partial charge in [0.15, 0.2) is 0 Å². The Morgan fingerprint density at radius 1 is 0.694 bits per heavy atom. The molecule has 179 valence electrons. The molecule has 2 heteroatoms. The van der Waals surface area contributed by atoms with Gasteiger partial charge in [-0.3, -0.25) is 0 Å². The van der Waals surface area contributed by atoms with Crippen LogP contribution in [-0.4, -0.2) is 6.66 Å². The molecule has 3 atom stereocenters. The van der Waals surface area contributed by atoms with Gasteiger partial charge in [0.1, 0.15) is 0 Å². The average Bonchev–Trinajstić information content (AvgIpc) is 3.51. The molecule has 0 aromatic heterocycles. The summed E-state index contributed by atoms with van der Waals surface area (Å²) in [5.74, 6) is 0. The third-order valence-electron chi connectivity index (χ3n) is 9.72. The fourth-order valence-electron chi connectivity index (χ4n) is 7.65. The second-order valence-electron chi connectivity index (χ2n) is 11.8. The molecule has 0 amide bonds. The summed E-state index contributed by atoms with van der Waals surface area (Å²) < 4.78 is 1.07. The number of hydrogen-bond donors (Lipinski definition) is 0. The van der Waals surface area contributed by atoms with E-state index in [1.165, 1.54) is 22.3 Å². The van der Waals surface area contributed by atoms with Crippen LogP contribution in [0.1, 0.15) is 37.6 Å². The van der Waals surface area contributed by atoms with Crippen molar-refractivity contribution in [3.63, 3.8) is 0 Å². The molecule has 6 rings (SSSR count). The van der Waals surface area contributed by atoms with Crippen molar-refractivity contribution in [1.82, 2.24) is 0 Å². The summed E-state index contributed by atoms with van der Waals surface area (Å²) in [4.78, 5) is 0. The van der Waals surface area contributed by atoms with Crippen LogP contribution in [0.4, 0.5) is 0 Å². The van der Waals surface area contributed by atoms with E-state index in [1.807, 2.05) is 0 Å². The maximum atomic E-state index is 2.81. The van der Waals surface area contributed by atoms with Crippen LogP contribution in [0.2, 0.25) is 17.0 Å². The van der Waals surface area contributed by atoms with Crippen LogP contribution in [0, 0.1) is 0 Å². The zero-order chi connectivity index (χ0) is 24.9. The summed E-state index contributed by atoms with van der Waals surface area (Å²) in [5.41, 5.74) is 10.3. The number of fused-ring (bicyclic) bond motifs is 2. The number of hydrogen-bond acceptors (Lipinski definition) is 0. The summed E-state index contributed by atoms with van der Waals surface area (Å²) in [6.07, 6.45) is 7.57. The van der Waals surface area contributed by atoms with Crippen LogP contribution in [-0.2, 0) is 14.6 Å². The monoisotopic (exact) mass is 519 g/mol. The van der Waals surface area contributed by atoms with E-state index >= 15 is 0 Å². The van der Waals surface area contributed by atoms with Crippen molar-refractivity contribution in [2.24, 2.45) is 0 Å². The van der Waals surface area contributed by atoms with Gasteiger partial charge >= 0.3 is 219 Å². The molecule has 3 unspecified atom stereocenters. The average molecular weight is 520 g/mol. The van der Waals surface area contributed by atoms with E-state index in [9.17, 15) is 0 Å². The van der Waals surface area contributed by atoms with Gasteiger partial charge in [0.05, 0.1) is 0 Å². The van der Waals surface area contributed by atoms with Gasteiger partial charge in [-0.05, 0) is 0 Å². The Morgan fingerprint density at radius 3 is 2.08 bits per heavy atom. The van der Waals surface area contributed by atoms with E-state index in [0.717, 1.165) is 0 Å². The molecule has 0 fully saturated rings. The van der Waals surface area contributed by atoms with Crippen molar-refractivity contribution in [1.29, 1.82) is 0 Å². The van der Waals surface area contributed by atoms with Gasteiger partial charge < -0.3 is 0 Å². The molecule has 36 heavy (non-hydrogen) atoms. The van der Waals surface area contributed by atoms with E-state index in [-0.39, 0.29) is 0 Å². The zero-order valence-electron chi connectivity index (χ0n) is 21.8. The molecule has 0 nitrogen and oxygen atoms in total. The van der Waals surface area contributed by atoms with Gasteiger partial charge in [0, 0.05) is 0 Å². The fourth-order valence-corrected chi connectivity index (χ4v) is 32.2. The fraction of sp³-hybridized carbons (Fsp3) is 0.176. The van der Waals surface area contributed by atoms with E-state index in [0.29, 0.717) is 8.45 Å². The first kappa shape index (κ1) is 23.7. The van der Waals surface area contributed by atoms with Crippen molar-refractivity contribution in [2.75, 3.05) is 0 Å². The van der Waals surface area contributed by atoms with Gasteiger partial charge in [-0.25, -0.2) is 0 Å². The first-order chi connectivity index (χ1) is 17.4. The molecule has 0 aliphatic heterocycles. The molecule has 2 aliphatic carbocycles. The van der Waals surface area contributed by atoms with Crippen molar-refractivity contribution in [3.8, 4) is 11.1 Å². The molecule has 0 saturated carbocycles. The number of rotatable bonds is 5. The second kappa shape index (κ2) is 8.70. The third-order valence-corrected chi connectivity index (χ3v) is 38.9. The van der Waals surface area contributed by atoms with E-state index in [2.05, 4.69) is 145 Å². The Hall–Kier alpha value is -2.71. The van der Waals surface area contributed by atoms with Crippen LogP contribution in [0.3, 0.4) is 0 Å². The van der Waals surface area contributed by atoms with Crippen LogP contribution in [0.25, 0.3) is 23.3 Å². The SMILES string of the molecule is CC1=Cc2ccccc2[CH]1[Ti]([CH3])([CH3])([CH]1C=Cc2c(-c3ccccc3)cccc21)[SiH](C)c1ccccc1. The maximum absolute atomic E-state index is 3.41. The number of benzene rings is 4. The third kappa shape index (κ3) is 3.45. The second-order valence-corrected chi connectivity index (χ2v) is 35.9. The first-order valence-electron chi connectivity index (χ1n) is 13.3. The molecule has 0 spiro atoms. The van der Waals surface area contributed by atoms with Crippen molar-refractivity contribution in [3.05, 3.63) is 137 Å². The van der Waals surface area contributed by atoms with Gasteiger partial charge in [-0.15, -0.1) is 0 Å². The molecule has 0 heterocycles.